The maximum atomic E-state index is 14.4. The Balaban J connectivity index is 1.42. The monoisotopic (exact) mass is 669 g/mol. The van der Waals surface area contributed by atoms with Crippen LogP contribution in [0.3, 0.4) is 0 Å². The molecule has 7 rings (SSSR count). The van der Waals surface area contributed by atoms with Crippen LogP contribution in [-0.2, 0) is 4.79 Å². The van der Waals surface area contributed by atoms with Crippen LogP contribution < -0.4 is 14.8 Å². The molecular formula is C32H27BrF3N3O5. The van der Waals surface area contributed by atoms with Crippen molar-refractivity contribution in [2.24, 2.45) is 5.41 Å². The van der Waals surface area contributed by atoms with Crippen molar-refractivity contribution in [3.05, 3.63) is 82.5 Å². The molecule has 4 aromatic rings. The smallest absolute Gasteiger partial charge is 0.482 e. The highest BCUT2D eigenvalue weighted by atomic mass is 79.9. The lowest BCUT2D eigenvalue weighted by molar-refractivity contribution is -0.276. The predicted molar refractivity (Wildman–Crippen MR) is 158 cm³/mol. The molecule has 1 amide bonds. The van der Waals surface area contributed by atoms with Gasteiger partial charge in [0.05, 0.1) is 27.7 Å². The molecule has 12 heteroatoms. The Kier molecular flexibility index (Phi) is 7.51. The van der Waals surface area contributed by atoms with Crippen molar-refractivity contribution in [2.75, 3.05) is 0 Å². The summed E-state index contributed by atoms with van der Waals surface area (Å²) >= 11 is 3.49. The quantitative estimate of drug-likeness (QED) is 0.214. The number of ether oxygens (including phenoxy) is 2. The molecule has 3 fully saturated rings. The van der Waals surface area contributed by atoms with Crippen LogP contribution in [0.4, 0.5) is 13.2 Å². The van der Waals surface area contributed by atoms with Crippen LogP contribution in [0.25, 0.3) is 22.2 Å². The third kappa shape index (κ3) is 5.47. The van der Waals surface area contributed by atoms with Gasteiger partial charge in [-0.15, -0.1) is 13.2 Å². The summed E-state index contributed by atoms with van der Waals surface area (Å²) in [6, 6.07) is 17.6. The van der Waals surface area contributed by atoms with Crippen LogP contribution in [0, 0.1) is 12.3 Å². The largest absolute Gasteiger partial charge is 0.574 e. The van der Waals surface area contributed by atoms with Gasteiger partial charge in [-0.05, 0) is 68.5 Å². The lowest BCUT2D eigenvalue weighted by Crippen LogP contribution is -2.67. The second kappa shape index (κ2) is 11.1. The molecule has 0 unspecified atom stereocenters. The van der Waals surface area contributed by atoms with Gasteiger partial charge in [0.25, 0.3) is 11.8 Å². The van der Waals surface area contributed by atoms with Gasteiger partial charge in [-0.25, -0.2) is 9.97 Å². The summed E-state index contributed by atoms with van der Waals surface area (Å²) in [5.41, 5.74) is 0.917. The number of benzene rings is 2. The van der Waals surface area contributed by atoms with Gasteiger partial charge in [0.2, 0.25) is 0 Å². The number of carbonyl (C=O) groups is 2. The summed E-state index contributed by atoms with van der Waals surface area (Å²) in [6.45, 7) is 1.82. The number of amides is 1. The molecule has 3 saturated carbocycles. The minimum Gasteiger partial charge on any atom is -0.482 e. The molecule has 0 saturated heterocycles. The Labute approximate surface area is 258 Å². The summed E-state index contributed by atoms with van der Waals surface area (Å²) in [4.78, 5) is 35.3. The van der Waals surface area contributed by atoms with Crippen LogP contribution in [0.2, 0.25) is 0 Å². The van der Waals surface area contributed by atoms with E-state index in [0.717, 1.165) is 16.2 Å². The molecule has 3 aliphatic rings. The van der Waals surface area contributed by atoms with E-state index in [-0.39, 0.29) is 37.9 Å². The number of aliphatic carboxylic acids is 1. The van der Waals surface area contributed by atoms with Gasteiger partial charge >= 0.3 is 12.3 Å². The van der Waals surface area contributed by atoms with E-state index < -0.39 is 41.2 Å². The molecule has 3 aliphatic carbocycles. The Hall–Kier alpha value is -4.19. The van der Waals surface area contributed by atoms with Crippen molar-refractivity contribution in [2.45, 2.75) is 57.0 Å². The lowest BCUT2D eigenvalue weighted by atomic mass is 9.55. The van der Waals surface area contributed by atoms with Gasteiger partial charge in [-0.3, -0.25) is 9.59 Å². The molecule has 2 N–H and O–H groups in total. The van der Waals surface area contributed by atoms with Gasteiger partial charge in [-0.1, -0.05) is 46.3 Å². The molecule has 0 aliphatic heterocycles. The second-order valence-electron chi connectivity index (χ2n) is 11.3. The fourth-order valence-corrected chi connectivity index (χ4v) is 6.87. The number of hydrogen-bond acceptors (Lipinski definition) is 6. The fourth-order valence-electron chi connectivity index (χ4n) is 6.51. The third-order valence-electron chi connectivity index (χ3n) is 8.79. The molecule has 0 spiro atoms. The number of carboxylic acid groups (broad SMARTS) is 1. The highest BCUT2D eigenvalue weighted by Gasteiger charge is 2.60. The second-order valence-corrected chi connectivity index (χ2v) is 12.3. The molecule has 2 heterocycles. The zero-order valence-corrected chi connectivity index (χ0v) is 25.0. The number of nitrogens with zero attached hydrogens (tertiary/aromatic N) is 2. The van der Waals surface area contributed by atoms with Crippen LogP contribution in [0.1, 0.15) is 48.0 Å². The van der Waals surface area contributed by atoms with Gasteiger partial charge in [-0.2, -0.15) is 0 Å². The molecule has 2 bridgehead atoms. The standard InChI is InChI=1S/C32H27BrF3N3O5/c1-18-25(21-16-20(33)9-10-22(21)38-26(18)19-6-3-2-4-7-19)27(40)39-31-13-11-30(12-14-31,29(41)42)17-24(31)43-23-8-5-15-37-28(23)44-32(34,35)36/h2-10,15-16,24H,11-14,17H2,1H3,(H,39,40)(H,41,42)/t24-,30?,31?/m1/s1. The first-order chi connectivity index (χ1) is 20.9. The Morgan fingerprint density at radius 3 is 2.45 bits per heavy atom. The van der Waals surface area contributed by atoms with Crippen molar-refractivity contribution in [1.82, 2.24) is 15.3 Å². The summed E-state index contributed by atoms with van der Waals surface area (Å²) in [5.74, 6) is -2.50. The molecule has 1 atom stereocenters. The molecule has 44 heavy (non-hydrogen) atoms. The van der Waals surface area contributed by atoms with E-state index in [1.165, 1.54) is 12.1 Å². The summed E-state index contributed by atoms with van der Waals surface area (Å²) < 4.78 is 50.4. The highest BCUT2D eigenvalue weighted by molar-refractivity contribution is 9.10. The number of fused-ring (bicyclic) bond motifs is 4. The fraction of sp³-hybridized carbons (Fsp3) is 0.312. The number of halogens is 4. The van der Waals surface area contributed by atoms with Gasteiger partial charge < -0.3 is 19.9 Å². The van der Waals surface area contributed by atoms with Crippen molar-refractivity contribution < 1.29 is 37.3 Å². The van der Waals surface area contributed by atoms with Crippen LogP contribution in [0.15, 0.2) is 71.3 Å². The van der Waals surface area contributed by atoms with Gasteiger partial charge in [0, 0.05) is 28.0 Å². The topological polar surface area (TPSA) is 111 Å². The number of hydrogen-bond donors (Lipinski definition) is 2. The first kappa shape index (κ1) is 29.9. The Morgan fingerprint density at radius 1 is 1.05 bits per heavy atom. The van der Waals surface area contributed by atoms with Crippen molar-refractivity contribution in [3.63, 3.8) is 0 Å². The van der Waals surface area contributed by atoms with E-state index in [1.54, 1.807) is 0 Å². The Morgan fingerprint density at radius 2 is 1.77 bits per heavy atom. The van der Waals surface area contributed by atoms with Crippen LogP contribution >= 0.6 is 15.9 Å². The van der Waals surface area contributed by atoms with Gasteiger partial charge in [0.1, 0.15) is 6.10 Å². The number of pyridine rings is 2. The normalized spacial score (nSPS) is 22.9. The first-order valence-corrected chi connectivity index (χ1v) is 14.8. The average molecular weight is 670 g/mol. The maximum Gasteiger partial charge on any atom is 0.574 e. The minimum atomic E-state index is -5.02. The number of nitrogens with one attached hydrogen (secondary N) is 1. The van der Waals surface area contributed by atoms with E-state index in [0.29, 0.717) is 27.7 Å². The summed E-state index contributed by atoms with van der Waals surface area (Å²) in [5, 5.41) is 13.9. The number of carbonyl (C=O) groups excluding carboxylic acids is 1. The van der Waals surface area contributed by atoms with E-state index in [2.05, 4.69) is 31.0 Å². The molecule has 0 radical (unpaired) electrons. The molecular weight excluding hydrogens is 643 g/mol. The zero-order chi connectivity index (χ0) is 31.3. The zero-order valence-electron chi connectivity index (χ0n) is 23.5. The number of alkyl halides is 3. The molecule has 228 valence electrons. The lowest BCUT2D eigenvalue weighted by Gasteiger charge is -2.55. The number of aromatic nitrogens is 2. The molecule has 8 nitrogen and oxygen atoms in total. The van der Waals surface area contributed by atoms with Crippen molar-refractivity contribution in [1.29, 1.82) is 0 Å². The van der Waals surface area contributed by atoms with Gasteiger partial charge in [0.15, 0.2) is 5.75 Å². The average Bonchev–Trinajstić information content (AvgIpc) is 2.98. The van der Waals surface area contributed by atoms with Crippen LogP contribution in [-0.4, -0.2) is 45.0 Å². The highest BCUT2D eigenvalue weighted by Crippen LogP contribution is 2.54. The van der Waals surface area contributed by atoms with E-state index >= 15 is 0 Å². The Bertz CT molecular complexity index is 1760. The number of rotatable bonds is 7. The third-order valence-corrected chi connectivity index (χ3v) is 9.28. The van der Waals surface area contributed by atoms with E-state index in [4.69, 9.17) is 9.72 Å². The van der Waals surface area contributed by atoms with E-state index in [1.807, 2.05) is 55.5 Å². The SMILES string of the molecule is Cc1c(-c2ccccc2)nc2ccc(Br)cc2c1C(=O)NC12CCC(C(=O)O)(CC1)C[C@H]2Oc1cccnc1OC(F)(F)F. The molecule has 2 aromatic heterocycles. The number of carboxylic acids is 1. The van der Waals surface area contributed by atoms with E-state index in [9.17, 15) is 27.9 Å². The van der Waals surface area contributed by atoms with Crippen LogP contribution in [0.5, 0.6) is 11.6 Å². The first-order valence-electron chi connectivity index (χ1n) is 14.0. The van der Waals surface area contributed by atoms with Crippen molar-refractivity contribution >= 4 is 38.7 Å². The summed E-state index contributed by atoms with van der Waals surface area (Å²) in [6.07, 6.45) is -3.81. The minimum absolute atomic E-state index is 0.0140. The predicted octanol–water partition coefficient (Wildman–Crippen LogP) is 7.23. The maximum absolute atomic E-state index is 14.4. The summed E-state index contributed by atoms with van der Waals surface area (Å²) in [7, 11) is 0. The van der Waals surface area contributed by atoms with Crippen molar-refractivity contribution in [3.8, 4) is 22.9 Å². The molecule has 2 aromatic carbocycles.